The van der Waals surface area contributed by atoms with E-state index in [9.17, 15) is 23.3 Å². The zero-order chi connectivity index (χ0) is 17.7. The van der Waals surface area contributed by atoms with Crippen LogP contribution in [0.2, 0.25) is 5.02 Å². The molecule has 0 N–H and O–H groups in total. The molecule has 0 heterocycles. The Bertz CT molecular complexity index is 688. The van der Waals surface area contributed by atoms with Gasteiger partial charge < -0.3 is 0 Å². The lowest BCUT2D eigenvalue weighted by Gasteiger charge is -2.24. The van der Waals surface area contributed by atoms with Crippen molar-refractivity contribution >= 4 is 17.3 Å². The van der Waals surface area contributed by atoms with Crippen molar-refractivity contribution in [1.82, 2.24) is 4.90 Å². The molecule has 0 bridgehead atoms. The fourth-order valence-electron chi connectivity index (χ4n) is 2.25. The zero-order valence-electron chi connectivity index (χ0n) is 12.5. The second-order valence-corrected chi connectivity index (χ2v) is 5.75. The summed E-state index contributed by atoms with van der Waals surface area (Å²) >= 11 is 5.78. The number of hydrogen-bond acceptors (Lipinski definition) is 3. The van der Waals surface area contributed by atoms with Gasteiger partial charge in [0.25, 0.3) is 5.69 Å². The number of halogens is 4. The van der Waals surface area contributed by atoms with Crippen LogP contribution in [0.3, 0.4) is 0 Å². The molecule has 0 aliphatic heterocycles. The third kappa shape index (κ3) is 5.82. The molecule has 0 aromatic heterocycles. The van der Waals surface area contributed by atoms with Gasteiger partial charge in [-0.3, -0.25) is 15.0 Å². The second-order valence-electron chi connectivity index (χ2n) is 5.31. The highest BCUT2D eigenvalue weighted by Crippen LogP contribution is 2.21. The minimum atomic E-state index is -4.34. The van der Waals surface area contributed by atoms with Crippen LogP contribution in [-0.4, -0.2) is 22.5 Å². The highest BCUT2D eigenvalue weighted by atomic mass is 35.5. The first-order valence-corrected chi connectivity index (χ1v) is 7.37. The fraction of sp³-hybridized carbons (Fsp3) is 0.250. The predicted molar refractivity (Wildman–Crippen MR) is 84.7 cm³/mol. The van der Waals surface area contributed by atoms with Crippen LogP contribution < -0.4 is 0 Å². The van der Waals surface area contributed by atoms with Gasteiger partial charge in [-0.15, -0.1) is 0 Å². The van der Waals surface area contributed by atoms with Gasteiger partial charge in [0, 0.05) is 30.2 Å². The fourth-order valence-corrected chi connectivity index (χ4v) is 2.38. The highest BCUT2D eigenvalue weighted by Gasteiger charge is 2.30. The van der Waals surface area contributed by atoms with Gasteiger partial charge >= 0.3 is 6.18 Å². The van der Waals surface area contributed by atoms with Crippen molar-refractivity contribution in [3.05, 3.63) is 74.8 Å². The van der Waals surface area contributed by atoms with Crippen LogP contribution in [0.1, 0.15) is 11.1 Å². The standard InChI is InChI=1S/C16H14ClF3N2O2/c17-14-5-1-12(2-6-14)9-21(11-16(18,19)20)10-13-3-7-15(8-4-13)22(23)24/h1-8H,9-11H2. The number of nitro benzene ring substituents is 1. The molecular weight excluding hydrogens is 345 g/mol. The van der Waals surface area contributed by atoms with Crippen LogP contribution >= 0.6 is 11.6 Å². The molecule has 0 aliphatic carbocycles. The second kappa shape index (κ2) is 7.63. The third-order valence-electron chi connectivity index (χ3n) is 3.28. The molecule has 0 saturated heterocycles. The van der Waals surface area contributed by atoms with Crippen molar-refractivity contribution in [2.75, 3.05) is 6.54 Å². The van der Waals surface area contributed by atoms with E-state index in [1.54, 1.807) is 24.3 Å². The Morgan fingerprint density at radius 3 is 1.83 bits per heavy atom. The van der Waals surface area contributed by atoms with Gasteiger partial charge in [-0.2, -0.15) is 13.2 Å². The molecule has 0 saturated carbocycles. The number of nitrogens with zero attached hydrogens (tertiary/aromatic N) is 2. The Morgan fingerprint density at radius 2 is 1.42 bits per heavy atom. The van der Waals surface area contributed by atoms with Gasteiger partial charge in [-0.1, -0.05) is 35.9 Å². The molecule has 0 radical (unpaired) electrons. The smallest absolute Gasteiger partial charge is 0.286 e. The molecule has 0 amide bonds. The zero-order valence-corrected chi connectivity index (χ0v) is 13.2. The lowest BCUT2D eigenvalue weighted by atomic mass is 10.1. The highest BCUT2D eigenvalue weighted by molar-refractivity contribution is 6.30. The van der Waals surface area contributed by atoms with Crippen LogP contribution in [-0.2, 0) is 13.1 Å². The SMILES string of the molecule is O=[N+]([O-])c1ccc(CN(Cc2ccc(Cl)cc2)CC(F)(F)F)cc1. The molecule has 2 aromatic rings. The van der Waals surface area contributed by atoms with Crippen LogP contribution in [0.15, 0.2) is 48.5 Å². The summed E-state index contributed by atoms with van der Waals surface area (Å²) in [5, 5.41) is 11.1. The topological polar surface area (TPSA) is 46.4 Å². The summed E-state index contributed by atoms with van der Waals surface area (Å²) in [7, 11) is 0. The summed E-state index contributed by atoms with van der Waals surface area (Å²) in [6.07, 6.45) is -4.34. The van der Waals surface area contributed by atoms with E-state index >= 15 is 0 Å². The molecule has 0 spiro atoms. The van der Waals surface area contributed by atoms with E-state index in [0.717, 1.165) is 0 Å². The average Bonchev–Trinajstić information content (AvgIpc) is 2.48. The van der Waals surface area contributed by atoms with Crippen molar-refractivity contribution < 1.29 is 18.1 Å². The number of hydrogen-bond donors (Lipinski definition) is 0. The Labute approximate surface area is 141 Å². The van der Waals surface area contributed by atoms with Gasteiger partial charge in [-0.25, -0.2) is 0 Å². The van der Waals surface area contributed by atoms with Crippen LogP contribution in [0.25, 0.3) is 0 Å². The molecule has 0 unspecified atom stereocenters. The maximum Gasteiger partial charge on any atom is 0.401 e. The van der Waals surface area contributed by atoms with Gasteiger partial charge in [0.2, 0.25) is 0 Å². The van der Waals surface area contributed by atoms with Crippen molar-refractivity contribution in [1.29, 1.82) is 0 Å². The summed E-state index contributed by atoms with van der Waals surface area (Å²) in [5.74, 6) is 0. The maximum atomic E-state index is 12.8. The molecule has 0 atom stereocenters. The van der Waals surface area contributed by atoms with E-state index in [0.29, 0.717) is 16.1 Å². The predicted octanol–water partition coefficient (Wildman–Crippen LogP) is 4.81. The van der Waals surface area contributed by atoms with Crippen molar-refractivity contribution in [3.8, 4) is 0 Å². The summed E-state index contributed by atoms with van der Waals surface area (Å²) in [6.45, 7) is -0.958. The number of alkyl halides is 3. The summed E-state index contributed by atoms with van der Waals surface area (Å²) in [4.78, 5) is 11.3. The van der Waals surface area contributed by atoms with E-state index in [4.69, 9.17) is 11.6 Å². The first-order valence-electron chi connectivity index (χ1n) is 7.00. The van der Waals surface area contributed by atoms with E-state index in [2.05, 4.69) is 0 Å². The Balaban J connectivity index is 2.13. The molecule has 4 nitrogen and oxygen atoms in total. The first-order chi connectivity index (χ1) is 11.2. The average molecular weight is 359 g/mol. The molecule has 128 valence electrons. The molecule has 2 rings (SSSR count). The van der Waals surface area contributed by atoms with E-state index in [-0.39, 0.29) is 18.8 Å². The Morgan fingerprint density at radius 1 is 0.958 bits per heavy atom. The monoisotopic (exact) mass is 358 g/mol. The first kappa shape index (κ1) is 18.2. The normalized spacial score (nSPS) is 11.7. The van der Waals surface area contributed by atoms with Gasteiger partial charge in [-0.05, 0) is 23.3 Å². The molecule has 0 fully saturated rings. The number of nitro groups is 1. The minimum Gasteiger partial charge on any atom is -0.286 e. The van der Waals surface area contributed by atoms with Gasteiger partial charge in [0.1, 0.15) is 0 Å². The third-order valence-corrected chi connectivity index (χ3v) is 3.53. The van der Waals surface area contributed by atoms with Crippen molar-refractivity contribution in [2.24, 2.45) is 0 Å². The maximum absolute atomic E-state index is 12.8. The largest absolute Gasteiger partial charge is 0.401 e. The number of rotatable bonds is 6. The van der Waals surface area contributed by atoms with Gasteiger partial charge in [0.15, 0.2) is 0 Å². The number of non-ortho nitro benzene ring substituents is 1. The van der Waals surface area contributed by atoms with E-state index < -0.39 is 17.6 Å². The van der Waals surface area contributed by atoms with Gasteiger partial charge in [0.05, 0.1) is 11.5 Å². The molecular formula is C16H14ClF3N2O2. The minimum absolute atomic E-state index is 0.0279. The van der Waals surface area contributed by atoms with Crippen LogP contribution in [0.4, 0.5) is 18.9 Å². The van der Waals surface area contributed by atoms with Crippen LogP contribution in [0, 0.1) is 10.1 Å². The molecule has 8 heteroatoms. The summed E-state index contributed by atoms with van der Waals surface area (Å²) in [5.41, 5.74) is 1.17. The quantitative estimate of drug-likeness (QED) is 0.549. The van der Waals surface area contributed by atoms with E-state index in [1.165, 1.54) is 29.2 Å². The summed E-state index contributed by atoms with van der Waals surface area (Å²) < 4.78 is 38.4. The number of benzene rings is 2. The molecule has 24 heavy (non-hydrogen) atoms. The van der Waals surface area contributed by atoms with E-state index in [1.807, 2.05) is 0 Å². The summed E-state index contributed by atoms with van der Waals surface area (Å²) in [6, 6.07) is 12.1. The molecule has 2 aromatic carbocycles. The lowest BCUT2D eigenvalue weighted by molar-refractivity contribution is -0.384. The van der Waals surface area contributed by atoms with Crippen LogP contribution in [0.5, 0.6) is 0 Å². The van der Waals surface area contributed by atoms with Crippen molar-refractivity contribution in [2.45, 2.75) is 19.3 Å². The Hall–Kier alpha value is -2.12. The Kier molecular flexibility index (Phi) is 5.80. The lowest BCUT2D eigenvalue weighted by Crippen LogP contribution is -2.33. The van der Waals surface area contributed by atoms with Crippen molar-refractivity contribution in [3.63, 3.8) is 0 Å². The molecule has 0 aliphatic rings.